The fourth-order valence-corrected chi connectivity index (χ4v) is 2.95. The number of hydrogen-bond donors (Lipinski definition) is 1. The minimum Gasteiger partial charge on any atom is -0.393 e. The van der Waals surface area contributed by atoms with Crippen molar-refractivity contribution in [1.29, 1.82) is 0 Å². The highest BCUT2D eigenvalue weighted by Gasteiger charge is 2.29. The van der Waals surface area contributed by atoms with Gasteiger partial charge in [-0.1, -0.05) is 26.1 Å². The standard InChI is InChI=1S/C8H15NS2/c1-8(2)5-6(7(9)10)3-4-11-8/h6H,3-5H2,1-2H3,(H2,9,10)/t6-/m0/s1. The molecule has 0 aromatic carbocycles. The van der Waals surface area contributed by atoms with Crippen LogP contribution in [0.25, 0.3) is 0 Å². The molecule has 1 aliphatic heterocycles. The largest absolute Gasteiger partial charge is 0.393 e. The first kappa shape index (κ1) is 9.33. The second kappa shape index (κ2) is 3.31. The van der Waals surface area contributed by atoms with Crippen LogP contribution in [0.5, 0.6) is 0 Å². The Hall–Kier alpha value is 0.240. The van der Waals surface area contributed by atoms with Crippen molar-refractivity contribution in [2.24, 2.45) is 11.7 Å². The van der Waals surface area contributed by atoms with Crippen LogP contribution < -0.4 is 5.73 Å². The maximum absolute atomic E-state index is 5.61. The van der Waals surface area contributed by atoms with E-state index in [0.29, 0.717) is 15.7 Å². The Morgan fingerprint density at radius 3 is 2.64 bits per heavy atom. The van der Waals surface area contributed by atoms with Gasteiger partial charge in [-0.15, -0.1) is 0 Å². The summed E-state index contributed by atoms with van der Waals surface area (Å²) >= 11 is 7.01. The monoisotopic (exact) mass is 189 g/mol. The molecule has 1 fully saturated rings. The van der Waals surface area contributed by atoms with Crippen molar-refractivity contribution in [3.05, 3.63) is 0 Å². The fraction of sp³-hybridized carbons (Fsp3) is 0.875. The molecule has 0 amide bonds. The van der Waals surface area contributed by atoms with E-state index in [1.807, 2.05) is 11.8 Å². The summed E-state index contributed by atoms with van der Waals surface area (Å²) in [5, 5.41) is 0. The van der Waals surface area contributed by atoms with Gasteiger partial charge >= 0.3 is 0 Å². The van der Waals surface area contributed by atoms with Crippen LogP contribution in [-0.2, 0) is 0 Å². The first-order chi connectivity index (χ1) is 5.01. The molecule has 0 unspecified atom stereocenters. The van der Waals surface area contributed by atoms with Crippen molar-refractivity contribution in [3.8, 4) is 0 Å². The van der Waals surface area contributed by atoms with Crippen molar-refractivity contribution in [3.63, 3.8) is 0 Å². The van der Waals surface area contributed by atoms with Gasteiger partial charge in [0.25, 0.3) is 0 Å². The minimum atomic E-state index is 0.381. The maximum Gasteiger partial charge on any atom is 0.0759 e. The lowest BCUT2D eigenvalue weighted by molar-refractivity contribution is 0.504. The van der Waals surface area contributed by atoms with Crippen molar-refractivity contribution in [1.82, 2.24) is 0 Å². The third-order valence-electron chi connectivity index (χ3n) is 2.10. The van der Waals surface area contributed by atoms with Gasteiger partial charge in [-0.05, 0) is 18.6 Å². The average molecular weight is 189 g/mol. The first-order valence-electron chi connectivity index (χ1n) is 3.94. The van der Waals surface area contributed by atoms with Gasteiger partial charge in [0, 0.05) is 10.7 Å². The molecule has 2 N–H and O–H groups in total. The zero-order valence-corrected chi connectivity index (χ0v) is 8.73. The molecule has 0 aliphatic carbocycles. The predicted molar refractivity (Wildman–Crippen MR) is 56.0 cm³/mol. The molecule has 1 rings (SSSR count). The van der Waals surface area contributed by atoms with Gasteiger partial charge in [-0.25, -0.2) is 0 Å². The molecule has 3 heteroatoms. The van der Waals surface area contributed by atoms with Gasteiger partial charge in [0.1, 0.15) is 0 Å². The van der Waals surface area contributed by atoms with E-state index < -0.39 is 0 Å². The van der Waals surface area contributed by atoms with Crippen LogP contribution in [-0.4, -0.2) is 15.5 Å². The lowest BCUT2D eigenvalue weighted by Gasteiger charge is -2.34. The number of thioether (sulfide) groups is 1. The van der Waals surface area contributed by atoms with E-state index in [4.69, 9.17) is 18.0 Å². The summed E-state index contributed by atoms with van der Waals surface area (Å²) < 4.78 is 0.381. The zero-order valence-electron chi connectivity index (χ0n) is 7.09. The van der Waals surface area contributed by atoms with Crippen LogP contribution in [0.3, 0.4) is 0 Å². The van der Waals surface area contributed by atoms with Crippen LogP contribution in [0.15, 0.2) is 0 Å². The van der Waals surface area contributed by atoms with Crippen LogP contribution in [0, 0.1) is 5.92 Å². The fourth-order valence-electron chi connectivity index (χ4n) is 1.47. The molecule has 0 saturated carbocycles. The van der Waals surface area contributed by atoms with E-state index in [9.17, 15) is 0 Å². The van der Waals surface area contributed by atoms with E-state index >= 15 is 0 Å². The van der Waals surface area contributed by atoms with E-state index in [2.05, 4.69) is 13.8 Å². The molecule has 64 valence electrons. The molecule has 0 radical (unpaired) electrons. The van der Waals surface area contributed by atoms with Gasteiger partial charge in [-0.3, -0.25) is 0 Å². The van der Waals surface area contributed by atoms with E-state index in [1.165, 1.54) is 12.2 Å². The van der Waals surface area contributed by atoms with E-state index in [0.717, 1.165) is 6.42 Å². The van der Waals surface area contributed by atoms with Crippen LogP contribution in [0.1, 0.15) is 26.7 Å². The maximum atomic E-state index is 5.61. The number of rotatable bonds is 1. The van der Waals surface area contributed by atoms with Gasteiger partial charge in [0.2, 0.25) is 0 Å². The summed E-state index contributed by atoms with van der Waals surface area (Å²) in [7, 11) is 0. The quantitative estimate of drug-likeness (QED) is 0.640. The molecule has 0 aromatic heterocycles. The Kier molecular flexibility index (Phi) is 2.81. The Morgan fingerprint density at radius 2 is 2.27 bits per heavy atom. The number of nitrogens with two attached hydrogens (primary N) is 1. The molecule has 0 spiro atoms. The normalized spacial score (nSPS) is 29.8. The summed E-state index contributed by atoms with van der Waals surface area (Å²) in [6.45, 7) is 4.53. The highest BCUT2D eigenvalue weighted by atomic mass is 32.2. The SMILES string of the molecule is CC1(C)C[C@@H](C(N)=S)CCS1. The van der Waals surface area contributed by atoms with Crippen LogP contribution >= 0.6 is 24.0 Å². The van der Waals surface area contributed by atoms with Crippen molar-refractivity contribution in [2.75, 3.05) is 5.75 Å². The zero-order chi connectivity index (χ0) is 8.48. The van der Waals surface area contributed by atoms with Crippen LogP contribution in [0.2, 0.25) is 0 Å². The average Bonchev–Trinajstić information content (AvgIpc) is 1.85. The van der Waals surface area contributed by atoms with Crippen molar-refractivity contribution in [2.45, 2.75) is 31.4 Å². The molecule has 1 heterocycles. The second-order valence-electron chi connectivity index (χ2n) is 3.70. The van der Waals surface area contributed by atoms with Gasteiger partial charge in [0.05, 0.1) is 4.99 Å². The van der Waals surface area contributed by atoms with E-state index in [-0.39, 0.29) is 0 Å². The minimum absolute atomic E-state index is 0.381. The summed E-state index contributed by atoms with van der Waals surface area (Å²) in [5.41, 5.74) is 5.61. The van der Waals surface area contributed by atoms with Crippen molar-refractivity contribution >= 4 is 29.0 Å². The molecule has 1 atom stereocenters. The summed E-state index contributed by atoms with van der Waals surface area (Å²) in [6, 6.07) is 0. The van der Waals surface area contributed by atoms with Crippen molar-refractivity contribution < 1.29 is 0 Å². The number of hydrogen-bond acceptors (Lipinski definition) is 2. The molecular weight excluding hydrogens is 174 g/mol. The Morgan fingerprint density at radius 1 is 1.64 bits per heavy atom. The summed E-state index contributed by atoms with van der Waals surface area (Å²) in [6.07, 6.45) is 2.32. The Balaban J connectivity index is 2.53. The predicted octanol–water partition coefficient (Wildman–Crippen LogP) is 2.19. The number of thiocarbonyl (C=S) groups is 1. The Labute approximate surface area is 78.1 Å². The van der Waals surface area contributed by atoms with Crippen LogP contribution in [0.4, 0.5) is 0 Å². The molecule has 1 saturated heterocycles. The molecule has 1 aliphatic rings. The molecule has 0 bridgehead atoms. The lowest BCUT2D eigenvalue weighted by atomic mass is 9.93. The third kappa shape index (κ3) is 2.64. The lowest BCUT2D eigenvalue weighted by Crippen LogP contribution is -2.33. The molecule has 1 nitrogen and oxygen atoms in total. The summed E-state index contributed by atoms with van der Waals surface area (Å²) in [5.74, 6) is 1.69. The molecule has 0 aromatic rings. The van der Waals surface area contributed by atoms with Gasteiger partial charge in [0.15, 0.2) is 0 Å². The van der Waals surface area contributed by atoms with Gasteiger partial charge in [-0.2, -0.15) is 11.8 Å². The highest BCUT2D eigenvalue weighted by Crippen LogP contribution is 2.38. The smallest absolute Gasteiger partial charge is 0.0759 e. The van der Waals surface area contributed by atoms with E-state index in [1.54, 1.807) is 0 Å². The summed E-state index contributed by atoms with van der Waals surface area (Å²) in [4.78, 5) is 0.707. The second-order valence-corrected chi connectivity index (χ2v) is 5.97. The third-order valence-corrected chi connectivity index (χ3v) is 3.82. The first-order valence-corrected chi connectivity index (χ1v) is 5.34. The highest BCUT2D eigenvalue weighted by molar-refractivity contribution is 8.00. The molecule has 11 heavy (non-hydrogen) atoms. The Bertz CT molecular complexity index is 165. The van der Waals surface area contributed by atoms with Gasteiger partial charge < -0.3 is 5.73 Å². The molecular formula is C8H15NS2. The topological polar surface area (TPSA) is 26.0 Å².